The second-order valence-electron chi connectivity index (χ2n) is 3.13. The van der Waals surface area contributed by atoms with Crippen molar-refractivity contribution in [1.82, 2.24) is 4.98 Å². The van der Waals surface area contributed by atoms with Gasteiger partial charge < -0.3 is 21.0 Å². The van der Waals surface area contributed by atoms with Crippen LogP contribution in [0.5, 0.6) is 5.88 Å². The molecule has 0 unspecified atom stereocenters. The van der Waals surface area contributed by atoms with Crippen molar-refractivity contribution in [3.05, 3.63) is 17.2 Å². The van der Waals surface area contributed by atoms with Gasteiger partial charge in [-0.05, 0) is 13.8 Å². The molecule has 1 heterocycles. The van der Waals surface area contributed by atoms with Crippen LogP contribution in [-0.2, 0) is 4.74 Å². The highest BCUT2D eigenvalue weighted by atomic mass is 16.5. The number of esters is 1. The molecule has 0 aliphatic rings. The molecule has 0 bridgehead atoms. The molecule has 0 amide bonds. The van der Waals surface area contributed by atoms with E-state index in [0.29, 0.717) is 0 Å². The number of anilines is 1. The first kappa shape index (κ1) is 12.0. The van der Waals surface area contributed by atoms with Gasteiger partial charge >= 0.3 is 5.97 Å². The first-order valence-corrected chi connectivity index (χ1v) is 4.69. The molecule has 4 N–H and O–H groups in total. The van der Waals surface area contributed by atoms with Crippen LogP contribution >= 0.6 is 0 Å². The zero-order valence-corrected chi connectivity index (χ0v) is 9.07. The third kappa shape index (κ3) is 2.28. The zero-order chi connectivity index (χ0) is 12.3. The van der Waals surface area contributed by atoms with Gasteiger partial charge in [0.25, 0.3) is 0 Å². The number of aromatic hydroxyl groups is 1. The third-order valence-electron chi connectivity index (χ3n) is 1.90. The minimum Gasteiger partial charge on any atom is -0.493 e. The number of nitrogens with two attached hydrogens (primary N) is 1. The first-order valence-electron chi connectivity index (χ1n) is 4.69. The van der Waals surface area contributed by atoms with E-state index in [4.69, 9.17) is 15.9 Å². The molecular weight excluding hydrogens is 210 g/mol. The molecule has 6 nitrogen and oxygen atoms in total. The Balaban J connectivity index is 3.35. The molecule has 0 atom stereocenters. The predicted molar refractivity (Wildman–Crippen MR) is 58.8 cm³/mol. The van der Waals surface area contributed by atoms with Crippen LogP contribution in [0.3, 0.4) is 0 Å². The van der Waals surface area contributed by atoms with E-state index in [9.17, 15) is 9.90 Å². The molecule has 1 aromatic heterocycles. The van der Waals surface area contributed by atoms with Crippen LogP contribution < -0.4 is 5.73 Å². The summed E-state index contributed by atoms with van der Waals surface area (Å²) in [7, 11) is 0. The number of hydrogen-bond donors (Lipinski definition) is 3. The number of nitrogen functional groups attached to an aromatic ring is 1. The fraction of sp³-hybridized carbons (Fsp3) is 0.300. The molecule has 0 aromatic carbocycles. The smallest absolute Gasteiger partial charge is 0.339 e. The summed E-state index contributed by atoms with van der Waals surface area (Å²) in [6, 6.07) is 1.14. The van der Waals surface area contributed by atoms with Gasteiger partial charge in [-0.2, -0.15) is 4.98 Å². The lowest BCUT2D eigenvalue weighted by molar-refractivity contribution is 0.0525. The van der Waals surface area contributed by atoms with Crippen LogP contribution in [0.25, 0.3) is 0 Å². The first-order chi connectivity index (χ1) is 7.47. The zero-order valence-electron chi connectivity index (χ0n) is 9.07. The van der Waals surface area contributed by atoms with Gasteiger partial charge in [0.05, 0.1) is 17.7 Å². The van der Waals surface area contributed by atoms with E-state index in [1.54, 1.807) is 6.92 Å². The predicted octanol–water partition coefficient (Wildman–Crippen LogP) is 0.934. The Bertz CT molecular complexity index is 443. The number of rotatable bonds is 3. The van der Waals surface area contributed by atoms with E-state index in [1.807, 2.05) is 0 Å². The van der Waals surface area contributed by atoms with Crippen LogP contribution in [0.4, 0.5) is 5.82 Å². The molecule has 0 fully saturated rings. The summed E-state index contributed by atoms with van der Waals surface area (Å²) >= 11 is 0. The maximum absolute atomic E-state index is 11.6. The summed E-state index contributed by atoms with van der Waals surface area (Å²) in [4.78, 5) is 15.1. The van der Waals surface area contributed by atoms with Crippen LogP contribution in [0.15, 0.2) is 6.07 Å². The highest BCUT2D eigenvalue weighted by Gasteiger charge is 2.19. The Morgan fingerprint density at radius 3 is 2.81 bits per heavy atom. The number of hydrogen-bond acceptors (Lipinski definition) is 6. The molecule has 0 saturated carbocycles. The quantitative estimate of drug-likeness (QED) is 0.521. The van der Waals surface area contributed by atoms with Gasteiger partial charge in [-0.3, -0.25) is 0 Å². The summed E-state index contributed by atoms with van der Waals surface area (Å²) in [5.74, 6) is -1.06. The largest absolute Gasteiger partial charge is 0.493 e. The van der Waals surface area contributed by atoms with E-state index in [0.717, 1.165) is 6.07 Å². The Morgan fingerprint density at radius 1 is 1.69 bits per heavy atom. The number of ether oxygens (including phenoxy) is 1. The van der Waals surface area contributed by atoms with E-state index >= 15 is 0 Å². The average Bonchev–Trinajstić information content (AvgIpc) is 2.15. The lowest BCUT2D eigenvalue weighted by atomic mass is 10.1. The number of nitrogens with zero attached hydrogens (tertiary/aromatic N) is 1. The average molecular weight is 223 g/mol. The maximum Gasteiger partial charge on any atom is 0.339 e. The molecule has 0 aliphatic carbocycles. The molecule has 1 aromatic rings. The van der Waals surface area contributed by atoms with Crippen molar-refractivity contribution in [3.63, 3.8) is 0 Å². The third-order valence-corrected chi connectivity index (χ3v) is 1.90. The van der Waals surface area contributed by atoms with Crippen molar-refractivity contribution >= 4 is 17.5 Å². The van der Waals surface area contributed by atoms with Crippen LogP contribution in [0, 0.1) is 5.41 Å². The minimum atomic E-state index is -0.631. The highest BCUT2D eigenvalue weighted by Crippen LogP contribution is 2.21. The summed E-state index contributed by atoms with van der Waals surface area (Å²) in [6.07, 6.45) is 0. The number of nitrogens with one attached hydrogen (secondary N) is 1. The van der Waals surface area contributed by atoms with Crippen molar-refractivity contribution in [2.75, 3.05) is 12.3 Å². The Labute approximate surface area is 92.6 Å². The van der Waals surface area contributed by atoms with Gasteiger partial charge in [0.1, 0.15) is 5.82 Å². The van der Waals surface area contributed by atoms with Gasteiger partial charge in [0.15, 0.2) is 0 Å². The Morgan fingerprint density at radius 2 is 2.31 bits per heavy atom. The van der Waals surface area contributed by atoms with Crippen molar-refractivity contribution in [2.24, 2.45) is 0 Å². The van der Waals surface area contributed by atoms with Crippen LogP contribution in [-0.4, -0.2) is 28.4 Å². The Hall–Kier alpha value is -2.11. The van der Waals surface area contributed by atoms with Gasteiger partial charge in [-0.25, -0.2) is 4.79 Å². The summed E-state index contributed by atoms with van der Waals surface area (Å²) < 4.78 is 4.80. The van der Waals surface area contributed by atoms with E-state index in [1.165, 1.54) is 6.92 Å². The topological polar surface area (TPSA) is 109 Å². The molecule has 0 spiro atoms. The fourth-order valence-electron chi connectivity index (χ4n) is 1.31. The standard InChI is InChI=1S/C10H13N3O3/c1-3-16-10(15)6-4-7(14)13-9(12)8(6)5(2)11/h4,11H,3H2,1-2H3,(H3,12,13,14). The molecular formula is C10H13N3O3. The number of aromatic nitrogens is 1. The molecule has 0 saturated heterocycles. The van der Waals surface area contributed by atoms with E-state index in [2.05, 4.69) is 4.98 Å². The lowest BCUT2D eigenvalue weighted by Gasteiger charge is -2.10. The van der Waals surface area contributed by atoms with Crippen molar-refractivity contribution in [1.29, 1.82) is 5.41 Å². The van der Waals surface area contributed by atoms with Crippen molar-refractivity contribution < 1.29 is 14.6 Å². The maximum atomic E-state index is 11.6. The fourth-order valence-corrected chi connectivity index (χ4v) is 1.31. The molecule has 0 aliphatic heterocycles. The van der Waals surface area contributed by atoms with Gasteiger partial charge in [0, 0.05) is 11.8 Å². The molecule has 1 rings (SSSR count). The van der Waals surface area contributed by atoms with Crippen molar-refractivity contribution in [2.45, 2.75) is 13.8 Å². The monoisotopic (exact) mass is 223 g/mol. The highest BCUT2D eigenvalue weighted by molar-refractivity contribution is 6.09. The molecule has 16 heavy (non-hydrogen) atoms. The lowest BCUT2D eigenvalue weighted by Crippen LogP contribution is -2.13. The normalized spacial score (nSPS) is 9.88. The van der Waals surface area contributed by atoms with Gasteiger partial charge in [-0.1, -0.05) is 0 Å². The molecule has 6 heteroatoms. The summed E-state index contributed by atoms with van der Waals surface area (Å²) in [5, 5.41) is 16.8. The number of carbonyl (C=O) groups is 1. The number of pyridine rings is 1. The van der Waals surface area contributed by atoms with Gasteiger partial charge in [-0.15, -0.1) is 0 Å². The van der Waals surface area contributed by atoms with Crippen LogP contribution in [0.1, 0.15) is 29.8 Å². The van der Waals surface area contributed by atoms with Crippen LogP contribution in [0.2, 0.25) is 0 Å². The summed E-state index contributed by atoms with van der Waals surface area (Å²) in [5.41, 5.74) is 5.87. The van der Waals surface area contributed by atoms with Crippen molar-refractivity contribution in [3.8, 4) is 5.88 Å². The second kappa shape index (κ2) is 4.61. The van der Waals surface area contributed by atoms with E-state index in [-0.39, 0.29) is 35.1 Å². The molecule has 0 radical (unpaired) electrons. The second-order valence-corrected chi connectivity index (χ2v) is 3.13. The summed E-state index contributed by atoms with van der Waals surface area (Å²) in [6.45, 7) is 3.35. The Kier molecular flexibility index (Phi) is 3.44. The molecule has 86 valence electrons. The van der Waals surface area contributed by atoms with Gasteiger partial charge in [0.2, 0.25) is 5.88 Å². The number of carbonyl (C=O) groups excluding carboxylic acids is 1. The minimum absolute atomic E-state index is 0.0550. The SMILES string of the molecule is CCOC(=O)c1cc(O)nc(N)c1C(C)=N. The van der Waals surface area contributed by atoms with E-state index < -0.39 is 5.97 Å².